The average Bonchev–Trinajstić information content (AvgIpc) is 3.12. The minimum Gasteiger partial charge on any atom is -0.334 e. The van der Waals surface area contributed by atoms with Gasteiger partial charge in [0.2, 0.25) is 5.91 Å². The number of aromatic nitrogens is 2. The van der Waals surface area contributed by atoms with E-state index in [4.69, 9.17) is 0 Å². The van der Waals surface area contributed by atoms with Gasteiger partial charge in [0.15, 0.2) is 0 Å². The number of carbonyl (C=O) groups excluding carboxylic acids is 1. The average molecular weight is 305 g/mol. The van der Waals surface area contributed by atoms with E-state index in [1.54, 1.807) is 16.2 Å². The van der Waals surface area contributed by atoms with E-state index in [1.165, 1.54) is 6.07 Å². The predicted molar refractivity (Wildman–Crippen MR) is 79.3 cm³/mol. The molecule has 0 saturated carbocycles. The molecule has 3 rings (SSSR count). The van der Waals surface area contributed by atoms with E-state index >= 15 is 0 Å². The van der Waals surface area contributed by atoms with Gasteiger partial charge in [0.25, 0.3) is 11.1 Å². The summed E-state index contributed by atoms with van der Waals surface area (Å²) in [6.45, 7) is 0.556. The molecule has 2 aromatic heterocycles. The number of amides is 1. The molecule has 0 aromatic carbocycles. The maximum absolute atomic E-state index is 12.4. The number of hydrogen-bond donors (Lipinski definition) is 1. The van der Waals surface area contributed by atoms with E-state index in [-0.39, 0.29) is 24.1 Å². The fourth-order valence-corrected chi connectivity index (χ4v) is 3.39. The highest BCUT2D eigenvalue weighted by atomic mass is 32.1. The first-order chi connectivity index (χ1) is 10.1. The molecule has 3 heterocycles. The van der Waals surface area contributed by atoms with Gasteiger partial charge in [-0.1, -0.05) is 0 Å². The topological polar surface area (TPSA) is 75.2 Å². The molecular weight excluding hydrogens is 290 g/mol. The molecule has 0 unspecified atom stereocenters. The molecule has 0 spiro atoms. The van der Waals surface area contributed by atoms with E-state index in [0.29, 0.717) is 6.54 Å². The lowest BCUT2D eigenvalue weighted by atomic mass is 10.1. The Morgan fingerprint density at radius 2 is 2.19 bits per heavy atom. The third-order valence-corrected chi connectivity index (χ3v) is 4.38. The molecule has 0 radical (unpaired) electrons. The Labute approximate surface area is 124 Å². The number of carbonyl (C=O) groups is 1. The number of likely N-dealkylation sites (tertiary alicyclic amines) is 1. The Bertz CT molecular complexity index is 747. The second-order valence-corrected chi connectivity index (χ2v) is 5.82. The van der Waals surface area contributed by atoms with Gasteiger partial charge in [0.1, 0.15) is 6.54 Å². The van der Waals surface area contributed by atoms with Crippen molar-refractivity contribution >= 4 is 17.2 Å². The van der Waals surface area contributed by atoms with Crippen LogP contribution < -0.4 is 11.1 Å². The number of H-pyrrole nitrogens is 1. The van der Waals surface area contributed by atoms with Crippen LogP contribution in [0.25, 0.3) is 0 Å². The van der Waals surface area contributed by atoms with Crippen molar-refractivity contribution in [2.45, 2.75) is 25.4 Å². The first-order valence-corrected chi connectivity index (χ1v) is 7.71. The van der Waals surface area contributed by atoms with Crippen LogP contribution in [0.3, 0.4) is 0 Å². The predicted octanol–water partition coefficient (Wildman–Crippen LogP) is 0.962. The van der Waals surface area contributed by atoms with Crippen LogP contribution in [0, 0.1) is 0 Å². The van der Waals surface area contributed by atoms with Gasteiger partial charge in [-0.15, -0.1) is 0 Å². The number of aromatic amines is 1. The Kier molecular flexibility index (Phi) is 3.74. The molecule has 7 heteroatoms. The van der Waals surface area contributed by atoms with Crippen molar-refractivity contribution in [1.82, 2.24) is 14.7 Å². The third-order valence-electron chi connectivity index (χ3n) is 3.68. The molecule has 6 nitrogen and oxygen atoms in total. The molecule has 1 aliphatic rings. The standard InChI is InChI=1S/C14H15N3O3S/c18-12-3-4-13(19)17(15-12)8-14(20)16-6-1-2-11(16)10-5-7-21-9-10/h3-5,7,9,11H,1-2,6,8H2,(H,15,18)/t11-/m0/s1. The Morgan fingerprint density at radius 1 is 1.33 bits per heavy atom. The van der Waals surface area contributed by atoms with Crippen LogP contribution in [-0.2, 0) is 11.3 Å². The summed E-state index contributed by atoms with van der Waals surface area (Å²) in [5, 5.41) is 6.43. The Morgan fingerprint density at radius 3 is 2.95 bits per heavy atom. The van der Waals surface area contributed by atoms with E-state index in [0.717, 1.165) is 29.2 Å². The van der Waals surface area contributed by atoms with Gasteiger partial charge in [-0.05, 0) is 35.2 Å². The molecule has 1 saturated heterocycles. The number of thiophene rings is 1. The van der Waals surface area contributed by atoms with Crippen molar-refractivity contribution in [3.8, 4) is 0 Å². The van der Waals surface area contributed by atoms with Crippen LogP contribution in [0.4, 0.5) is 0 Å². The molecule has 21 heavy (non-hydrogen) atoms. The number of nitrogens with zero attached hydrogens (tertiary/aromatic N) is 2. The fourth-order valence-electron chi connectivity index (χ4n) is 2.68. The van der Waals surface area contributed by atoms with Crippen LogP contribution in [0.15, 0.2) is 38.5 Å². The van der Waals surface area contributed by atoms with Crippen molar-refractivity contribution in [1.29, 1.82) is 0 Å². The second kappa shape index (κ2) is 5.69. The first kappa shape index (κ1) is 13.8. The molecule has 0 aliphatic carbocycles. The highest BCUT2D eigenvalue weighted by molar-refractivity contribution is 7.07. The number of nitrogens with one attached hydrogen (secondary N) is 1. The first-order valence-electron chi connectivity index (χ1n) is 6.77. The molecule has 110 valence electrons. The van der Waals surface area contributed by atoms with E-state index in [2.05, 4.69) is 5.10 Å². The lowest BCUT2D eigenvalue weighted by Crippen LogP contribution is -2.38. The molecule has 1 aliphatic heterocycles. The van der Waals surface area contributed by atoms with Crippen LogP contribution >= 0.6 is 11.3 Å². The summed E-state index contributed by atoms with van der Waals surface area (Å²) < 4.78 is 1.06. The lowest BCUT2D eigenvalue weighted by molar-refractivity contribution is -0.133. The Balaban J connectivity index is 1.80. The van der Waals surface area contributed by atoms with Gasteiger partial charge in [0, 0.05) is 18.7 Å². The van der Waals surface area contributed by atoms with Gasteiger partial charge < -0.3 is 4.90 Å². The molecule has 0 bridgehead atoms. The van der Waals surface area contributed by atoms with Gasteiger partial charge >= 0.3 is 0 Å². The van der Waals surface area contributed by atoms with E-state index in [9.17, 15) is 14.4 Å². The zero-order chi connectivity index (χ0) is 14.8. The molecule has 2 aromatic rings. The summed E-state index contributed by atoms with van der Waals surface area (Å²) in [5.74, 6) is -0.146. The van der Waals surface area contributed by atoms with E-state index in [1.807, 2.05) is 16.8 Å². The van der Waals surface area contributed by atoms with Crippen molar-refractivity contribution in [3.05, 3.63) is 55.2 Å². The quantitative estimate of drug-likeness (QED) is 0.918. The summed E-state index contributed by atoms with van der Waals surface area (Å²) in [4.78, 5) is 37.1. The van der Waals surface area contributed by atoms with Gasteiger partial charge in [-0.2, -0.15) is 11.3 Å². The summed E-state index contributed by atoms with van der Waals surface area (Å²) >= 11 is 1.61. The fraction of sp³-hybridized carbons (Fsp3) is 0.357. The summed E-state index contributed by atoms with van der Waals surface area (Å²) in [5.41, 5.74) is 0.368. The van der Waals surface area contributed by atoms with Gasteiger partial charge in [-0.25, -0.2) is 4.68 Å². The van der Waals surface area contributed by atoms with Gasteiger partial charge in [-0.3, -0.25) is 19.5 Å². The molecule has 1 N–H and O–H groups in total. The minimum absolute atomic E-state index is 0.0786. The number of rotatable bonds is 3. The van der Waals surface area contributed by atoms with Crippen molar-refractivity contribution in [2.24, 2.45) is 0 Å². The van der Waals surface area contributed by atoms with Gasteiger partial charge in [0.05, 0.1) is 6.04 Å². The molecule has 1 fully saturated rings. The van der Waals surface area contributed by atoms with Crippen LogP contribution in [-0.4, -0.2) is 27.1 Å². The van der Waals surface area contributed by atoms with Crippen molar-refractivity contribution < 1.29 is 4.79 Å². The largest absolute Gasteiger partial charge is 0.334 e. The molecule has 1 amide bonds. The van der Waals surface area contributed by atoms with Crippen LogP contribution in [0.1, 0.15) is 24.4 Å². The maximum atomic E-state index is 12.4. The van der Waals surface area contributed by atoms with Crippen molar-refractivity contribution in [3.63, 3.8) is 0 Å². The maximum Gasteiger partial charge on any atom is 0.265 e. The lowest BCUT2D eigenvalue weighted by Gasteiger charge is -2.24. The third kappa shape index (κ3) is 2.82. The summed E-state index contributed by atoms with van der Waals surface area (Å²) in [6.07, 6.45) is 1.88. The van der Waals surface area contributed by atoms with E-state index < -0.39 is 5.56 Å². The van der Waals surface area contributed by atoms with Crippen LogP contribution in [0.5, 0.6) is 0 Å². The highest BCUT2D eigenvalue weighted by Gasteiger charge is 2.30. The Hall–Kier alpha value is -2.15. The second-order valence-electron chi connectivity index (χ2n) is 5.04. The highest BCUT2D eigenvalue weighted by Crippen LogP contribution is 2.33. The van der Waals surface area contributed by atoms with Crippen molar-refractivity contribution in [2.75, 3.05) is 6.54 Å². The zero-order valence-electron chi connectivity index (χ0n) is 11.3. The zero-order valence-corrected chi connectivity index (χ0v) is 12.1. The molecular formula is C14H15N3O3S. The SMILES string of the molecule is O=C(Cn1[nH]c(=O)ccc1=O)N1CCC[C@H]1c1ccsc1. The number of hydrogen-bond acceptors (Lipinski definition) is 4. The normalized spacial score (nSPS) is 18.1. The monoisotopic (exact) mass is 305 g/mol. The minimum atomic E-state index is -0.391. The molecule has 1 atom stereocenters. The van der Waals surface area contributed by atoms with Crippen LogP contribution in [0.2, 0.25) is 0 Å². The summed E-state index contributed by atoms with van der Waals surface area (Å²) in [6, 6.07) is 4.44. The smallest absolute Gasteiger partial charge is 0.265 e. The summed E-state index contributed by atoms with van der Waals surface area (Å²) in [7, 11) is 0.